The van der Waals surface area contributed by atoms with Gasteiger partial charge in [-0.25, -0.2) is 0 Å². The molecule has 1 aromatic carbocycles. The fourth-order valence-corrected chi connectivity index (χ4v) is 3.40. The van der Waals surface area contributed by atoms with Crippen molar-refractivity contribution in [1.29, 1.82) is 0 Å². The summed E-state index contributed by atoms with van der Waals surface area (Å²) in [5, 5.41) is 6.07. The zero-order valence-corrected chi connectivity index (χ0v) is 15.6. The molecule has 0 unspecified atom stereocenters. The number of hydrogen-bond acceptors (Lipinski definition) is 4. The van der Waals surface area contributed by atoms with Crippen molar-refractivity contribution in [3.63, 3.8) is 0 Å². The lowest BCUT2D eigenvalue weighted by molar-refractivity contribution is -0.125. The third-order valence-electron chi connectivity index (χ3n) is 4.58. The number of hydrogen-bond donors (Lipinski definition) is 2. The van der Waals surface area contributed by atoms with Gasteiger partial charge in [-0.15, -0.1) is 0 Å². The molecule has 0 atom stereocenters. The first-order valence-corrected chi connectivity index (χ1v) is 8.79. The van der Waals surface area contributed by atoms with E-state index in [0.29, 0.717) is 6.54 Å². The van der Waals surface area contributed by atoms with Gasteiger partial charge in [0.1, 0.15) is 5.75 Å². The van der Waals surface area contributed by atoms with Gasteiger partial charge < -0.3 is 15.4 Å². The highest BCUT2D eigenvalue weighted by molar-refractivity contribution is 5.78. The van der Waals surface area contributed by atoms with Gasteiger partial charge in [-0.3, -0.25) is 14.5 Å². The highest BCUT2D eigenvalue weighted by Gasteiger charge is 2.37. The molecule has 0 spiro atoms. The van der Waals surface area contributed by atoms with E-state index >= 15 is 0 Å². The largest absolute Gasteiger partial charge is 0.497 e. The average molecular weight is 347 g/mol. The van der Waals surface area contributed by atoms with E-state index in [0.717, 1.165) is 37.2 Å². The Hall–Kier alpha value is -2.08. The van der Waals surface area contributed by atoms with Crippen LogP contribution in [0.4, 0.5) is 0 Å². The second kappa shape index (κ2) is 8.34. The average Bonchev–Trinajstić information content (AvgIpc) is 2.55. The van der Waals surface area contributed by atoms with Crippen LogP contribution in [0.15, 0.2) is 24.3 Å². The highest BCUT2D eigenvalue weighted by atomic mass is 16.5. The number of benzene rings is 1. The summed E-state index contributed by atoms with van der Waals surface area (Å²) in [6.45, 7) is 7.39. The van der Waals surface area contributed by atoms with Crippen LogP contribution < -0.4 is 15.4 Å². The summed E-state index contributed by atoms with van der Waals surface area (Å²) in [4.78, 5) is 25.9. The number of nitrogens with one attached hydrogen (secondary N) is 2. The molecule has 1 fully saturated rings. The van der Waals surface area contributed by atoms with Crippen molar-refractivity contribution in [2.24, 2.45) is 0 Å². The molecule has 0 radical (unpaired) electrons. The van der Waals surface area contributed by atoms with Crippen LogP contribution in [0, 0.1) is 0 Å². The van der Waals surface area contributed by atoms with E-state index in [-0.39, 0.29) is 23.4 Å². The van der Waals surface area contributed by atoms with E-state index in [4.69, 9.17) is 4.74 Å². The molecule has 1 aliphatic rings. The number of carbonyl (C=O) groups is 2. The molecule has 0 aromatic heterocycles. The lowest BCUT2D eigenvalue weighted by Crippen LogP contribution is -2.54. The number of methoxy groups -OCH3 is 1. The van der Waals surface area contributed by atoms with Gasteiger partial charge in [0.05, 0.1) is 19.2 Å². The standard InChI is InChI=1S/C19H29N3O3/c1-14(2)20-18(24)13-22-11-9-19(10-12-22,21-15(3)23)16-5-7-17(25-4)8-6-16/h5-8,14H,9-13H2,1-4H3,(H,20,24)(H,21,23). The Morgan fingerprint density at radius 3 is 2.28 bits per heavy atom. The Labute approximate surface area is 149 Å². The van der Waals surface area contributed by atoms with E-state index in [1.165, 1.54) is 0 Å². The Morgan fingerprint density at radius 2 is 1.80 bits per heavy atom. The van der Waals surface area contributed by atoms with Crippen LogP contribution in [0.5, 0.6) is 5.75 Å². The Balaban J connectivity index is 2.07. The number of ether oxygens (including phenoxy) is 1. The van der Waals surface area contributed by atoms with E-state index < -0.39 is 0 Å². The minimum absolute atomic E-state index is 0.0400. The van der Waals surface area contributed by atoms with Gasteiger partial charge in [-0.05, 0) is 44.4 Å². The van der Waals surface area contributed by atoms with Gasteiger partial charge in [-0.1, -0.05) is 12.1 Å². The molecule has 138 valence electrons. The molecule has 2 rings (SSSR count). The summed E-state index contributed by atoms with van der Waals surface area (Å²) >= 11 is 0. The number of piperidine rings is 1. The quantitative estimate of drug-likeness (QED) is 0.821. The van der Waals surface area contributed by atoms with E-state index in [9.17, 15) is 9.59 Å². The lowest BCUT2D eigenvalue weighted by atomic mass is 9.80. The molecular weight excluding hydrogens is 318 g/mol. The summed E-state index contributed by atoms with van der Waals surface area (Å²) in [7, 11) is 1.64. The molecule has 1 heterocycles. The van der Waals surface area contributed by atoms with Crippen molar-refractivity contribution in [3.05, 3.63) is 29.8 Å². The maximum absolute atomic E-state index is 12.0. The number of likely N-dealkylation sites (tertiary alicyclic amines) is 1. The third kappa shape index (κ3) is 5.19. The van der Waals surface area contributed by atoms with Crippen molar-refractivity contribution in [2.45, 2.75) is 45.2 Å². The van der Waals surface area contributed by atoms with Crippen LogP contribution in [0.2, 0.25) is 0 Å². The van der Waals surface area contributed by atoms with E-state index in [2.05, 4.69) is 15.5 Å². The molecule has 0 aliphatic carbocycles. The third-order valence-corrected chi connectivity index (χ3v) is 4.58. The predicted octanol–water partition coefficient (Wildman–Crippen LogP) is 1.65. The number of carbonyl (C=O) groups excluding carboxylic acids is 2. The lowest BCUT2D eigenvalue weighted by Gasteiger charge is -2.42. The number of rotatable bonds is 6. The minimum atomic E-state index is -0.386. The smallest absolute Gasteiger partial charge is 0.234 e. The SMILES string of the molecule is COc1ccc(C2(NC(C)=O)CCN(CC(=O)NC(C)C)CC2)cc1. The molecule has 0 bridgehead atoms. The van der Waals surface area contributed by atoms with Gasteiger partial charge in [0, 0.05) is 26.1 Å². The van der Waals surface area contributed by atoms with Crippen molar-refractivity contribution in [1.82, 2.24) is 15.5 Å². The molecule has 25 heavy (non-hydrogen) atoms. The fourth-order valence-electron chi connectivity index (χ4n) is 3.40. The van der Waals surface area contributed by atoms with Gasteiger partial charge in [0.15, 0.2) is 0 Å². The first-order chi connectivity index (χ1) is 11.8. The first kappa shape index (κ1) is 19.2. The zero-order valence-electron chi connectivity index (χ0n) is 15.6. The summed E-state index contributed by atoms with van der Waals surface area (Å²) < 4.78 is 5.22. The summed E-state index contributed by atoms with van der Waals surface area (Å²) in [6.07, 6.45) is 1.54. The maximum atomic E-state index is 12.0. The normalized spacial score (nSPS) is 17.2. The molecule has 1 aliphatic heterocycles. The first-order valence-electron chi connectivity index (χ1n) is 8.79. The molecule has 1 aromatic rings. The van der Waals surface area contributed by atoms with Crippen LogP contribution in [-0.4, -0.2) is 49.5 Å². The Kier molecular flexibility index (Phi) is 6.42. The van der Waals surface area contributed by atoms with Crippen molar-refractivity contribution < 1.29 is 14.3 Å². The molecule has 1 saturated heterocycles. The summed E-state index contributed by atoms with van der Waals surface area (Å²) in [5.41, 5.74) is 0.693. The van der Waals surface area contributed by atoms with E-state index in [1.54, 1.807) is 14.0 Å². The molecule has 0 saturated carbocycles. The molecule has 6 heteroatoms. The monoisotopic (exact) mass is 347 g/mol. The zero-order chi connectivity index (χ0) is 18.4. The Bertz CT molecular complexity index is 590. The minimum Gasteiger partial charge on any atom is -0.497 e. The van der Waals surface area contributed by atoms with Crippen LogP contribution in [-0.2, 0) is 15.1 Å². The van der Waals surface area contributed by atoms with Gasteiger partial charge >= 0.3 is 0 Å². The van der Waals surface area contributed by atoms with Crippen LogP contribution >= 0.6 is 0 Å². The van der Waals surface area contributed by atoms with Gasteiger partial charge in [-0.2, -0.15) is 0 Å². The fraction of sp³-hybridized carbons (Fsp3) is 0.579. The van der Waals surface area contributed by atoms with Crippen molar-refractivity contribution >= 4 is 11.8 Å². The van der Waals surface area contributed by atoms with Crippen molar-refractivity contribution in [3.8, 4) is 5.75 Å². The molecular formula is C19H29N3O3. The van der Waals surface area contributed by atoms with Crippen LogP contribution in [0.3, 0.4) is 0 Å². The number of nitrogens with zero attached hydrogens (tertiary/aromatic N) is 1. The second-order valence-electron chi connectivity index (χ2n) is 6.99. The summed E-state index contributed by atoms with van der Waals surface area (Å²) in [5.74, 6) is 0.804. The summed E-state index contributed by atoms with van der Waals surface area (Å²) in [6, 6.07) is 8.00. The maximum Gasteiger partial charge on any atom is 0.234 e. The van der Waals surface area contributed by atoms with E-state index in [1.807, 2.05) is 38.1 Å². The molecule has 2 amide bonds. The Morgan fingerprint density at radius 1 is 1.20 bits per heavy atom. The van der Waals surface area contributed by atoms with Gasteiger partial charge in [0.25, 0.3) is 0 Å². The molecule has 6 nitrogen and oxygen atoms in total. The van der Waals surface area contributed by atoms with Gasteiger partial charge in [0.2, 0.25) is 11.8 Å². The second-order valence-corrected chi connectivity index (χ2v) is 6.99. The highest BCUT2D eigenvalue weighted by Crippen LogP contribution is 2.34. The topological polar surface area (TPSA) is 70.7 Å². The number of amides is 2. The van der Waals surface area contributed by atoms with Crippen molar-refractivity contribution in [2.75, 3.05) is 26.7 Å². The predicted molar refractivity (Wildman–Crippen MR) is 97.4 cm³/mol. The van der Waals surface area contributed by atoms with Crippen LogP contribution in [0.1, 0.15) is 39.2 Å². The van der Waals surface area contributed by atoms with Crippen LogP contribution in [0.25, 0.3) is 0 Å². The molecule has 2 N–H and O–H groups in total.